The van der Waals surface area contributed by atoms with E-state index < -0.39 is 0 Å². The zero-order chi connectivity index (χ0) is 14.5. The Morgan fingerprint density at radius 2 is 2.00 bits per heavy atom. The third kappa shape index (κ3) is 3.26. The number of hydrogen-bond acceptors (Lipinski definition) is 4. The quantitative estimate of drug-likeness (QED) is 0.870. The summed E-state index contributed by atoms with van der Waals surface area (Å²) >= 11 is 7.63. The lowest BCUT2D eigenvalue weighted by molar-refractivity contribution is 0.394. The molecule has 0 spiro atoms. The topological polar surface area (TPSA) is 30.5 Å². The van der Waals surface area contributed by atoms with Crippen molar-refractivity contribution in [3.8, 4) is 11.5 Å². The van der Waals surface area contributed by atoms with E-state index >= 15 is 0 Å². The molecule has 1 aromatic heterocycles. The Bertz CT molecular complexity index is 571. The average Bonchev–Trinajstić information content (AvgIpc) is 2.90. The molecule has 3 nitrogen and oxygen atoms in total. The van der Waals surface area contributed by atoms with Gasteiger partial charge in [0.2, 0.25) is 0 Å². The standard InChI is InChI=1S/C15H18ClNO2S/c1-4-17-15(13-7-8-14(16)20-13)11-9-10(18-2)5-6-12(11)19-3/h5-9,15,17H,4H2,1-3H3. The van der Waals surface area contributed by atoms with Crippen molar-refractivity contribution in [3.63, 3.8) is 0 Å². The van der Waals surface area contributed by atoms with Crippen molar-refractivity contribution >= 4 is 22.9 Å². The summed E-state index contributed by atoms with van der Waals surface area (Å²) in [6.07, 6.45) is 0. The Labute approximate surface area is 128 Å². The Kier molecular flexibility index (Phi) is 5.29. The fourth-order valence-electron chi connectivity index (χ4n) is 2.12. The molecular formula is C15H18ClNO2S. The fraction of sp³-hybridized carbons (Fsp3) is 0.333. The number of halogens is 1. The molecule has 1 heterocycles. The second kappa shape index (κ2) is 6.97. The van der Waals surface area contributed by atoms with E-state index in [0.29, 0.717) is 0 Å². The van der Waals surface area contributed by atoms with Gasteiger partial charge in [0.1, 0.15) is 11.5 Å². The van der Waals surface area contributed by atoms with Crippen LogP contribution in [-0.2, 0) is 0 Å². The summed E-state index contributed by atoms with van der Waals surface area (Å²) in [4.78, 5) is 1.16. The lowest BCUT2D eigenvalue weighted by Crippen LogP contribution is -2.21. The lowest BCUT2D eigenvalue weighted by atomic mass is 10.0. The van der Waals surface area contributed by atoms with Crippen LogP contribution < -0.4 is 14.8 Å². The van der Waals surface area contributed by atoms with Crippen molar-refractivity contribution in [1.82, 2.24) is 5.32 Å². The van der Waals surface area contributed by atoms with Gasteiger partial charge < -0.3 is 14.8 Å². The van der Waals surface area contributed by atoms with E-state index in [1.807, 2.05) is 30.3 Å². The third-order valence-electron chi connectivity index (χ3n) is 3.03. The molecule has 5 heteroatoms. The molecule has 108 valence electrons. The van der Waals surface area contributed by atoms with Crippen molar-refractivity contribution in [2.24, 2.45) is 0 Å². The van der Waals surface area contributed by atoms with Crippen molar-refractivity contribution in [2.45, 2.75) is 13.0 Å². The zero-order valence-corrected chi connectivity index (χ0v) is 13.3. The molecule has 0 fully saturated rings. The summed E-state index contributed by atoms with van der Waals surface area (Å²) in [7, 11) is 3.34. The minimum absolute atomic E-state index is 0.0440. The van der Waals surface area contributed by atoms with Crippen molar-refractivity contribution < 1.29 is 9.47 Å². The maximum atomic E-state index is 6.06. The van der Waals surface area contributed by atoms with Gasteiger partial charge in [-0.1, -0.05) is 18.5 Å². The summed E-state index contributed by atoms with van der Waals surface area (Å²) < 4.78 is 11.6. The van der Waals surface area contributed by atoms with Gasteiger partial charge in [0.25, 0.3) is 0 Å². The number of benzene rings is 1. The van der Waals surface area contributed by atoms with Gasteiger partial charge in [-0.15, -0.1) is 11.3 Å². The van der Waals surface area contributed by atoms with Gasteiger partial charge >= 0.3 is 0 Å². The van der Waals surface area contributed by atoms with Crippen LogP contribution in [0.3, 0.4) is 0 Å². The number of thiophene rings is 1. The first-order valence-corrected chi connectivity index (χ1v) is 7.59. The number of hydrogen-bond donors (Lipinski definition) is 1. The zero-order valence-electron chi connectivity index (χ0n) is 11.8. The molecule has 0 aliphatic rings. The molecule has 1 unspecified atom stereocenters. The lowest BCUT2D eigenvalue weighted by Gasteiger charge is -2.20. The Morgan fingerprint density at radius 1 is 1.20 bits per heavy atom. The SMILES string of the molecule is CCNC(c1ccc(Cl)s1)c1cc(OC)ccc1OC. The molecule has 0 aliphatic heterocycles. The summed E-state index contributed by atoms with van der Waals surface area (Å²) in [5, 5.41) is 3.47. The first kappa shape index (κ1) is 15.2. The predicted octanol–water partition coefficient (Wildman–Crippen LogP) is 4.12. The molecule has 0 bridgehead atoms. The van der Waals surface area contributed by atoms with Crippen LogP contribution in [0.1, 0.15) is 23.4 Å². The third-order valence-corrected chi connectivity index (χ3v) is 4.33. The maximum absolute atomic E-state index is 6.06. The van der Waals surface area contributed by atoms with Crippen molar-refractivity contribution in [3.05, 3.63) is 45.1 Å². The van der Waals surface area contributed by atoms with E-state index in [0.717, 1.165) is 32.8 Å². The largest absolute Gasteiger partial charge is 0.497 e. The molecule has 1 N–H and O–H groups in total. The van der Waals surface area contributed by atoms with Crippen LogP contribution in [0.25, 0.3) is 0 Å². The first-order valence-electron chi connectivity index (χ1n) is 6.40. The Hall–Kier alpha value is -1.23. The van der Waals surface area contributed by atoms with Crippen LogP contribution in [0.15, 0.2) is 30.3 Å². The van der Waals surface area contributed by atoms with E-state index in [1.54, 1.807) is 25.6 Å². The Balaban J connectivity index is 2.47. The van der Waals surface area contributed by atoms with E-state index in [9.17, 15) is 0 Å². The highest BCUT2D eigenvalue weighted by Crippen LogP contribution is 2.36. The van der Waals surface area contributed by atoms with Crippen LogP contribution in [0.4, 0.5) is 0 Å². The monoisotopic (exact) mass is 311 g/mol. The van der Waals surface area contributed by atoms with Gasteiger partial charge in [-0.25, -0.2) is 0 Å². The smallest absolute Gasteiger partial charge is 0.124 e. The van der Waals surface area contributed by atoms with E-state index in [4.69, 9.17) is 21.1 Å². The van der Waals surface area contributed by atoms with Crippen LogP contribution in [0.5, 0.6) is 11.5 Å². The van der Waals surface area contributed by atoms with Crippen LogP contribution >= 0.6 is 22.9 Å². The van der Waals surface area contributed by atoms with Gasteiger partial charge in [-0.05, 0) is 36.9 Å². The highest BCUT2D eigenvalue weighted by Gasteiger charge is 2.20. The van der Waals surface area contributed by atoms with Gasteiger partial charge in [0.15, 0.2) is 0 Å². The molecule has 0 amide bonds. The summed E-state index contributed by atoms with van der Waals surface area (Å²) in [6, 6.07) is 9.82. The normalized spacial score (nSPS) is 12.2. The number of methoxy groups -OCH3 is 2. The molecule has 0 saturated carbocycles. The molecule has 20 heavy (non-hydrogen) atoms. The van der Waals surface area contributed by atoms with Crippen LogP contribution in [0.2, 0.25) is 4.34 Å². The minimum Gasteiger partial charge on any atom is -0.497 e. The maximum Gasteiger partial charge on any atom is 0.124 e. The van der Waals surface area contributed by atoms with Gasteiger partial charge in [0.05, 0.1) is 24.6 Å². The van der Waals surface area contributed by atoms with Crippen molar-refractivity contribution in [1.29, 1.82) is 0 Å². The van der Waals surface area contributed by atoms with Crippen molar-refractivity contribution in [2.75, 3.05) is 20.8 Å². The molecule has 1 atom stereocenters. The summed E-state index contributed by atoms with van der Waals surface area (Å²) in [5.41, 5.74) is 1.05. The van der Waals surface area contributed by atoms with Crippen LogP contribution in [-0.4, -0.2) is 20.8 Å². The molecule has 2 aromatic rings. The highest BCUT2D eigenvalue weighted by molar-refractivity contribution is 7.16. The van der Waals surface area contributed by atoms with Gasteiger partial charge in [-0.3, -0.25) is 0 Å². The second-order valence-corrected chi connectivity index (χ2v) is 5.99. The van der Waals surface area contributed by atoms with Gasteiger partial charge in [0, 0.05) is 10.4 Å². The second-order valence-electron chi connectivity index (χ2n) is 4.24. The minimum atomic E-state index is 0.0440. The number of nitrogens with one attached hydrogen (secondary N) is 1. The average molecular weight is 312 g/mol. The molecule has 0 saturated heterocycles. The first-order chi connectivity index (χ1) is 9.69. The number of ether oxygens (including phenoxy) is 2. The number of rotatable bonds is 6. The van der Waals surface area contributed by atoms with Gasteiger partial charge in [-0.2, -0.15) is 0 Å². The molecule has 2 rings (SSSR count). The molecular weight excluding hydrogens is 294 g/mol. The molecule has 1 aromatic carbocycles. The molecule has 0 radical (unpaired) electrons. The summed E-state index contributed by atoms with van der Waals surface area (Å²) in [6.45, 7) is 2.93. The highest BCUT2D eigenvalue weighted by atomic mass is 35.5. The fourth-order valence-corrected chi connectivity index (χ4v) is 3.27. The van der Waals surface area contributed by atoms with E-state index in [2.05, 4.69) is 12.2 Å². The van der Waals surface area contributed by atoms with E-state index in [1.165, 1.54) is 0 Å². The van der Waals surface area contributed by atoms with E-state index in [-0.39, 0.29) is 6.04 Å². The van der Waals surface area contributed by atoms with Crippen LogP contribution in [0, 0.1) is 0 Å². The molecule has 0 aliphatic carbocycles. The summed E-state index contributed by atoms with van der Waals surface area (Å²) in [5.74, 6) is 1.65. The predicted molar refractivity (Wildman–Crippen MR) is 84.4 cm³/mol. The Morgan fingerprint density at radius 3 is 2.55 bits per heavy atom.